The number of fused-ring (bicyclic) bond motifs is 1. The van der Waals surface area contributed by atoms with Gasteiger partial charge in [0, 0.05) is 35.0 Å². The molecular formula is C13H18ClN3OS. The summed E-state index contributed by atoms with van der Waals surface area (Å²) in [4.78, 5) is 9.03. The zero-order valence-corrected chi connectivity index (χ0v) is 13.1. The normalized spacial score (nSPS) is 16.5. The zero-order valence-electron chi connectivity index (χ0n) is 11.6. The van der Waals surface area contributed by atoms with Crippen LogP contribution in [-0.2, 0) is 10.8 Å². The molecule has 2 aromatic heterocycles. The molecule has 0 aliphatic carbocycles. The van der Waals surface area contributed by atoms with Gasteiger partial charge >= 0.3 is 0 Å². The van der Waals surface area contributed by atoms with Gasteiger partial charge in [-0.2, -0.15) is 0 Å². The summed E-state index contributed by atoms with van der Waals surface area (Å²) >= 11 is 6.21. The lowest BCUT2D eigenvalue weighted by molar-refractivity contribution is 0.579. The Kier molecular flexibility index (Phi) is 4.26. The average Bonchev–Trinajstić information content (AvgIpc) is 2.66. The highest BCUT2D eigenvalue weighted by atomic mass is 35.5. The molecule has 3 unspecified atom stereocenters. The summed E-state index contributed by atoms with van der Waals surface area (Å²) in [6.45, 7) is 5.90. The van der Waals surface area contributed by atoms with E-state index < -0.39 is 10.8 Å². The summed E-state index contributed by atoms with van der Waals surface area (Å²) in [5, 5.41) is -0.206. The number of aromatic nitrogens is 3. The monoisotopic (exact) mass is 299 g/mol. The first kappa shape index (κ1) is 14.5. The summed E-state index contributed by atoms with van der Waals surface area (Å²) in [6, 6.07) is 2.05. The van der Waals surface area contributed by atoms with Crippen molar-refractivity contribution < 1.29 is 4.21 Å². The lowest BCUT2D eigenvalue weighted by Crippen LogP contribution is -2.16. The highest BCUT2D eigenvalue weighted by Crippen LogP contribution is 2.27. The Morgan fingerprint density at radius 2 is 2.16 bits per heavy atom. The van der Waals surface area contributed by atoms with E-state index in [1.54, 1.807) is 6.26 Å². The number of imidazole rings is 1. The third kappa shape index (κ3) is 2.98. The maximum Gasteiger partial charge on any atom is 0.160 e. The smallest absolute Gasteiger partial charge is 0.160 e. The molecule has 4 nitrogen and oxygen atoms in total. The maximum absolute atomic E-state index is 11.4. The van der Waals surface area contributed by atoms with Gasteiger partial charge in [0.15, 0.2) is 5.65 Å². The Morgan fingerprint density at radius 1 is 1.47 bits per heavy atom. The molecule has 2 rings (SSSR count). The first-order chi connectivity index (χ1) is 8.90. The van der Waals surface area contributed by atoms with Crippen LogP contribution in [0, 0.1) is 6.92 Å². The van der Waals surface area contributed by atoms with Crippen molar-refractivity contribution in [3.8, 4) is 0 Å². The highest BCUT2D eigenvalue weighted by Gasteiger charge is 2.20. The average molecular weight is 300 g/mol. The molecule has 3 atom stereocenters. The predicted molar refractivity (Wildman–Crippen MR) is 80.2 cm³/mol. The molecule has 104 valence electrons. The summed E-state index contributed by atoms with van der Waals surface area (Å²) in [6.07, 6.45) is 3.52. The number of rotatable bonds is 4. The van der Waals surface area contributed by atoms with Crippen molar-refractivity contribution in [3.63, 3.8) is 0 Å². The highest BCUT2D eigenvalue weighted by molar-refractivity contribution is 7.84. The van der Waals surface area contributed by atoms with Crippen LogP contribution in [0.4, 0.5) is 0 Å². The van der Waals surface area contributed by atoms with Crippen molar-refractivity contribution >= 4 is 33.6 Å². The fourth-order valence-corrected chi connectivity index (χ4v) is 3.21. The minimum absolute atomic E-state index is 0.0576. The topological polar surface area (TPSA) is 47.8 Å². The van der Waals surface area contributed by atoms with Gasteiger partial charge in [-0.25, -0.2) is 9.97 Å². The van der Waals surface area contributed by atoms with E-state index in [0.717, 1.165) is 22.6 Å². The van der Waals surface area contributed by atoms with Gasteiger partial charge in [-0.1, -0.05) is 0 Å². The molecule has 0 amide bonds. The van der Waals surface area contributed by atoms with Crippen molar-refractivity contribution in [2.45, 2.75) is 32.2 Å². The first-order valence-electron chi connectivity index (χ1n) is 6.18. The van der Waals surface area contributed by atoms with E-state index in [4.69, 9.17) is 11.6 Å². The van der Waals surface area contributed by atoms with E-state index in [-0.39, 0.29) is 11.4 Å². The predicted octanol–water partition coefficient (Wildman–Crippen LogP) is 2.98. The van der Waals surface area contributed by atoms with Gasteiger partial charge in [-0.15, -0.1) is 11.6 Å². The zero-order chi connectivity index (χ0) is 14.2. The molecule has 0 radical (unpaired) electrons. The molecule has 2 aromatic rings. The van der Waals surface area contributed by atoms with Gasteiger partial charge in [0.2, 0.25) is 0 Å². The minimum Gasteiger partial charge on any atom is -0.308 e. The molecule has 0 aliphatic heterocycles. The fourth-order valence-electron chi connectivity index (χ4n) is 2.23. The van der Waals surface area contributed by atoms with Crippen LogP contribution in [0.3, 0.4) is 0 Å². The van der Waals surface area contributed by atoms with E-state index in [1.807, 2.05) is 37.6 Å². The summed E-state index contributed by atoms with van der Waals surface area (Å²) in [7, 11) is -0.869. The van der Waals surface area contributed by atoms with E-state index in [2.05, 4.69) is 9.97 Å². The van der Waals surface area contributed by atoms with Crippen LogP contribution in [0.5, 0.6) is 0 Å². The lowest BCUT2D eigenvalue weighted by Gasteiger charge is -2.16. The Balaban J connectivity index is 2.61. The number of alkyl halides is 1. The molecule has 6 heteroatoms. The van der Waals surface area contributed by atoms with Crippen LogP contribution in [0.15, 0.2) is 12.3 Å². The molecule has 19 heavy (non-hydrogen) atoms. The van der Waals surface area contributed by atoms with Crippen LogP contribution in [-0.4, -0.2) is 30.8 Å². The van der Waals surface area contributed by atoms with Crippen molar-refractivity contribution in [1.82, 2.24) is 14.5 Å². The van der Waals surface area contributed by atoms with Crippen molar-refractivity contribution in [1.29, 1.82) is 0 Å². The third-order valence-electron chi connectivity index (χ3n) is 2.97. The summed E-state index contributed by atoms with van der Waals surface area (Å²) in [5.74, 6) is 1.35. The molecule has 0 N–H and O–H groups in total. The lowest BCUT2D eigenvalue weighted by atomic mass is 10.3. The van der Waals surface area contributed by atoms with Gasteiger partial charge in [-0.05, 0) is 32.4 Å². The number of nitrogens with zero attached hydrogens (tertiary/aromatic N) is 3. The molecule has 0 saturated carbocycles. The Bertz CT molecular complexity index is 624. The van der Waals surface area contributed by atoms with Gasteiger partial charge in [0.25, 0.3) is 0 Å². The van der Waals surface area contributed by atoms with Crippen molar-refractivity contribution in [3.05, 3.63) is 23.7 Å². The number of hydrogen-bond acceptors (Lipinski definition) is 3. The second-order valence-corrected chi connectivity index (χ2v) is 7.03. The number of pyridine rings is 1. The molecule has 0 saturated heterocycles. The quantitative estimate of drug-likeness (QED) is 0.816. The van der Waals surface area contributed by atoms with Crippen molar-refractivity contribution in [2.24, 2.45) is 0 Å². The van der Waals surface area contributed by atoms with E-state index in [9.17, 15) is 4.21 Å². The molecule has 0 spiro atoms. The maximum atomic E-state index is 11.4. The van der Waals surface area contributed by atoms with E-state index in [1.165, 1.54) is 0 Å². The standard InChI is InChI=1S/C13H18ClN3OS/c1-8-5-11-13(15-6-8)17(9(2)7-19(4)18)12(16-11)10(3)14/h5-6,9-10H,7H2,1-4H3. The van der Waals surface area contributed by atoms with E-state index in [0.29, 0.717) is 5.75 Å². The number of halogens is 1. The Hall–Kier alpha value is -0.940. The Morgan fingerprint density at radius 3 is 2.74 bits per heavy atom. The van der Waals surface area contributed by atoms with Crippen LogP contribution >= 0.6 is 11.6 Å². The molecule has 0 aliphatic rings. The van der Waals surface area contributed by atoms with Gasteiger partial charge in [0.1, 0.15) is 11.3 Å². The van der Waals surface area contributed by atoms with Gasteiger partial charge in [0.05, 0.1) is 5.38 Å². The molecule has 2 heterocycles. The van der Waals surface area contributed by atoms with Crippen LogP contribution in [0.25, 0.3) is 11.2 Å². The SMILES string of the molecule is Cc1cnc2c(c1)nc(C(C)Cl)n2C(C)CS(C)=O. The Labute approximate surface area is 120 Å². The van der Waals surface area contributed by atoms with Gasteiger partial charge in [-0.3, -0.25) is 4.21 Å². The van der Waals surface area contributed by atoms with Crippen LogP contribution in [0.2, 0.25) is 0 Å². The third-order valence-corrected chi connectivity index (χ3v) is 4.11. The minimum atomic E-state index is -0.869. The summed E-state index contributed by atoms with van der Waals surface area (Å²) in [5.41, 5.74) is 2.72. The van der Waals surface area contributed by atoms with Crippen LogP contribution in [0.1, 0.15) is 36.7 Å². The molecule has 0 fully saturated rings. The van der Waals surface area contributed by atoms with Crippen molar-refractivity contribution in [2.75, 3.05) is 12.0 Å². The molecule has 0 bridgehead atoms. The molecular weight excluding hydrogens is 282 g/mol. The summed E-state index contributed by atoms with van der Waals surface area (Å²) < 4.78 is 13.5. The second-order valence-electron chi connectivity index (χ2n) is 4.90. The van der Waals surface area contributed by atoms with Crippen LogP contribution < -0.4 is 0 Å². The number of aryl methyl sites for hydroxylation is 1. The van der Waals surface area contributed by atoms with E-state index >= 15 is 0 Å². The van der Waals surface area contributed by atoms with Gasteiger partial charge < -0.3 is 4.57 Å². The molecule has 0 aromatic carbocycles. The first-order valence-corrected chi connectivity index (χ1v) is 8.35. The number of hydrogen-bond donors (Lipinski definition) is 0. The second kappa shape index (κ2) is 5.59. The fraction of sp³-hybridized carbons (Fsp3) is 0.538. The largest absolute Gasteiger partial charge is 0.308 e.